The second kappa shape index (κ2) is 15.1. The molecule has 244 valence electrons. The van der Waals surface area contributed by atoms with E-state index >= 15 is 0 Å². The fraction of sp³-hybridized carbons (Fsp3) is 0.175. The van der Waals surface area contributed by atoms with Crippen LogP contribution in [0, 0.1) is 0 Å². The van der Waals surface area contributed by atoms with Gasteiger partial charge in [-0.1, -0.05) is 97.1 Å². The lowest BCUT2D eigenvalue weighted by Crippen LogP contribution is -2.24. The van der Waals surface area contributed by atoms with E-state index in [4.69, 9.17) is 18.9 Å². The average molecular weight is 645 g/mol. The van der Waals surface area contributed by atoms with Gasteiger partial charge >= 0.3 is 11.9 Å². The molecule has 0 radical (unpaired) electrons. The molecule has 5 rings (SSSR count). The number of carbonyl (C=O) groups is 3. The van der Waals surface area contributed by atoms with Gasteiger partial charge in [0.2, 0.25) is 5.78 Å². The molecule has 0 atom stereocenters. The number of hydrogen-bond acceptors (Lipinski definition) is 7. The molecular weight excluding hydrogens is 608 g/mol. The van der Waals surface area contributed by atoms with E-state index in [0.717, 1.165) is 16.7 Å². The highest BCUT2D eigenvalue weighted by Gasteiger charge is 2.31. The third-order valence-electron chi connectivity index (χ3n) is 7.12. The number of ketones is 1. The van der Waals surface area contributed by atoms with Crippen molar-refractivity contribution in [2.75, 3.05) is 0 Å². The summed E-state index contributed by atoms with van der Waals surface area (Å²) in [6, 6.07) is 35.2. The summed E-state index contributed by atoms with van der Waals surface area (Å²) in [7, 11) is 0. The molecule has 48 heavy (non-hydrogen) atoms. The molecule has 0 fully saturated rings. The van der Waals surface area contributed by atoms with E-state index in [0.29, 0.717) is 0 Å². The fourth-order valence-electron chi connectivity index (χ4n) is 4.89. The van der Waals surface area contributed by atoms with Crippen LogP contribution in [0.1, 0.15) is 74.1 Å². The van der Waals surface area contributed by atoms with Gasteiger partial charge in [0.25, 0.3) is 0 Å². The molecular formula is C40H36O8. The second-order valence-electron chi connectivity index (χ2n) is 12.0. The van der Waals surface area contributed by atoms with E-state index in [1.807, 2.05) is 91.0 Å². The van der Waals surface area contributed by atoms with E-state index in [-0.39, 0.29) is 59.3 Å². The standard InChI is InChI=1S/C40H36O8/c1-40(2,3)48-39(44)30-22-33(46-25-28-16-9-5-10-17-28)36(34(23-30)47-26-29-18-11-6-12-19-29)37(41)35-31(38(42)43)20-13-21-32(35)45-24-27-14-7-4-8-15-27/h4-23H,24-26H2,1-3H3,(H,42,43). The van der Waals surface area contributed by atoms with Crippen LogP contribution in [0.4, 0.5) is 0 Å². The van der Waals surface area contributed by atoms with Gasteiger partial charge in [-0.3, -0.25) is 4.79 Å². The van der Waals surface area contributed by atoms with Crippen molar-refractivity contribution < 1.29 is 38.4 Å². The van der Waals surface area contributed by atoms with E-state index in [1.165, 1.54) is 24.3 Å². The lowest BCUT2D eigenvalue weighted by Gasteiger charge is -2.22. The molecule has 0 aliphatic rings. The van der Waals surface area contributed by atoms with Crippen molar-refractivity contribution in [3.63, 3.8) is 0 Å². The van der Waals surface area contributed by atoms with Crippen LogP contribution in [0.5, 0.6) is 17.2 Å². The van der Waals surface area contributed by atoms with Crippen LogP contribution in [0.2, 0.25) is 0 Å². The first-order chi connectivity index (χ1) is 23.1. The molecule has 5 aromatic rings. The molecule has 5 aromatic carbocycles. The summed E-state index contributed by atoms with van der Waals surface area (Å²) in [6.07, 6.45) is 0. The van der Waals surface area contributed by atoms with E-state index in [2.05, 4.69) is 0 Å². The van der Waals surface area contributed by atoms with Gasteiger partial charge < -0.3 is 24.1 Å². The quantitative estimate of drug-likeness (QED) is 0.101. The maximum Gasteiger partial charge on any atom is 0.338 e. The molecule has 0 unspecified atom stereocenters. The Labute approximate surface area is 279 Å². The van der Waals surface area contributed by atoms with Crippen molar-refractivity contribution in [3.05, 3.63) is 160 Å². The molecule has 0 aliphatic heterocycles. The number of carbonyl (C=O) groups excluding carboxylic acids is 2. The summed E-state index contributed by atoms with van der Waals surface area (Å²) in [5.41, 5.74) is 1.24. The van der Waals surface area contributed by atoms with Crippen LogP contribution in [0.25, 0.3) is 0 Å². The van der Waals surface area contributed by atoms with Crippen molar-refractivity contribution in [1.29, 1.82) is 0 Å². The van der Waals surface area contributed by atoms with Gasteiger partial charge in [0.1, 0.15) is 48.2 Å². The minimum absolute atomic E-state index is 0.0180. The summed E-state index contributed by atoms with van der Waals surface area (Å²) in [5.74, 6) is -2.56. The van der Waals surface area contributed by atoms with Crippen molar-refractivity contribution in [3.8, 4) is 17.2 Å². The third-order valence-corrected chi connectivity index (χ3v) is 7.12. The number of benzene rings is 5. The first kappa shape index (κ1) is 33.5. The normalized spacial score (nSPS) is 11.0. The highest BCUT2D eigenvalue weighted by atomic mass is 16.6. The minimum Gasteiger partial charge on any atom is -0.488 e. The third kappa shape index (κ3) is 8.67. The largest absolute Gasteiger partial charge is 0.488 e. The van der Waals surface area contributed by atoms with Crippen LogP contribution in [-0.2, 0) is 24.6 Å². The number of aromatic carboxylic acids is 1. The highest BCUT2D eigenvalue weighted by molar-refractivity contribution is 6.18. The van der Waals surface area contributed by atoms with Crippen molar-refractivity contribution in [1.82, 2.24) is 0 Å². The average Bonchev–Trinajstić information content (AvgIpc) is 3.08. The predicted octanol–water partition coefficient (Wildman–Crippen LogP) is 8.31. The van der Waals surface area contributed by atoms with E-state index < -0.39 is 23.3 Å². The number of hydrogen-bond donors (Lipinski definition) is 1. The Morgan fingerprint density at radius 1 is 0.562 bits per heavy atom. The number of ether oxygens (including phenoxy) is 4. The Kier molecular flexibility index (Phi) is 10.6. The van der Waals surface area contributed by atoms with E-state index in [9.17, 15) is 19.5 Å². The summed E-state index contributed by atoms with van der Waals surface area (Å²) >= 11 is 0. The zero-order valence-corrected chi connectivity index (χ0v) is 27.0. The molecule has 0 saturated carbocycles. The van der Waals surface area contributed by atoms with Gasteiger partial charge in [-0.05, 0) is 61.7 Å². The molecule has 8 nitrogen and oxygen atoms in total. The molecule has 0 spiro atoms. The molecule has 0 amide bonds. The molecule has 0 bridgehead atoms. The smallest absolute Gasteiger partial charge is 0.338 e. The topological polar surface area (TPSA) is 108 Å². The number of carboxylic acids is 1. The molecule has 0 saturated heterocycles. The lowest BCUT2D eigenvalue weighted by molar-refractivity contribution is 0.00681. The first-order valence-corrected chi connectivity index (χ1v) is 15.4. The predicted molar refractivity (Wildman–Crippen MR) is 181 cm³/mol. The van der Waals surface area contributed by atoms with Gasteiger partial charge in [0, 0.05) is 0 Å². The van der Waals surface area contributed by atoms with Crippen LogP contribution >= 0.6 is 0 Å². The Balaban J connectivity index is 1.66. The lowest BCUT2D eigenvalue weighted by atomic mass is 9.94. The zero-order chi connectivity index (χ0) is 34.1. The zero-order valence-electron chi connectivity index (χ0n) is 27.0. The molecule has 0 aliphatic carbocycles. The Morgan fingerprint density at radius 2 is 1.00 bits per heavy atom. The SMILES string of the molecule is CC(C)(C)OC(=O)c1cc(OCc2ccccc2)c(C(=O)c2c(OCc3ccccc3)cccc2C(=O)O)c(OCc2ccccc2)c1. The summed E-state index contributed by atoms with van der Waals surface area (Å²) in [6.45, 7) is 5.45. The van der Waals surface area contributed by atoms with Crippen molar-refractivity contribution >= 4 is 17.7 Å². The Bertz CT molecular complexity index is 1810. The van der Waals surface area contributed by atoms with Crippen LogP contribution in [-0.4, -0.2) is 28.4 Å². The summed E-state index contributed by atoms with van der Waals surface area (Å²) < 4.78 is 24.2. The number of carboxylic acid groups (broad SMARTS) is 1. The van der Waals surface area contributed by atoms with Gasteiger partial charge in [-0.25, -0.2) is 9.59 Å². The number of esters is 1. The van der Waals surface area contributed by atoms with Crippen LogP contribution < -0.4 is 14.2 Å². The van der Waals surface area contributed by atoms with Crippen LogP contribution in [0.3, 0.4) is 0 Å². The maximum atomic E-state index is 14.8. The highest BCUT2D eigenvalue weighted by Crippen LogP contribution is 2.38. The van der Waals surface area contributed by atoms with E-state index in [1.54, 1.807) is 26.8 Å². The van der Waals surface area contributed by atoms with Gasteiger partial charge in [-0.15, -0.1) is 0 Å². The maximum absolute atomic E-state index is 14.8. The van der Waals surface area contributed by atoms with Gasteiger partial charge in [-0.2, -0.15) is 0 Å². The molecule has 1 N–H and O–H groups in total. The van der Waals surface area contributed by atoms with Gasteiger partial charge in [0.05, 0.1) is 16.7 Å². The monoisotopic (exact) mass is 644 g/mol. The molecule has 8 heteroatoms. The van der Waals surface area contributed by atoms with Crippen LogP contribution in [0.15, 0.2) is 121 Å². The van der Waals surface area contributed by atoms with Gasteiger partial charge in [0.15, 0.2) is 0 Å². The summed E-state index contributed by atoms with van der Waals surface area (Å²) in [4.78, 5) is 40.6. The second-order valence-corrected chi connectivity index (χ2v) is 12.0. The first-order valence-electron chi connectivity index (χ1n) is 15.4. The summed E-state index contributed by atoms with van der Waals surface area (Å²) in [5, 5.41) is 10.2. The van der Waals surface area contributed by atoms with Crippen molar-refractivity contribution in [2.24, 2.45) is 0 Å². The minimum atomic E-state index is -1.31. The molecule has 0 aromatic heterocycles. The fourth-order valence-corrected chi connectivity index (χ4v) is 4.89. The molecule has 0 heterocycles. The Morgan fingerprint density at radius 3 is 1.42 bits per heavy atom. The van der Waals surface area contributed by atoms with Crippen molar-refractivity contribution in [2.45, 2.75) is 46.2 Å². The number of rotatable bonds is 13. The Hall–Kier alpha value is -5.89.